The van der Waals surface area contributed by atoms with Gasteiger partial charge in [-0.2, -0.15) is 0 Å². The number of hydrogen-bond donors (Lipinski definition) is 1. The molecule has 16 heavy (non-hydrogen) atoms. The summed E-state index contributed by atoms with van der Waals surface area (Å²) in [7, 11) is 0. The molecule has 86 valence electrons. The number of nitrogens with one attached hydrogen (secondary N) is 1. The maximum atomic E-state index is 4.05. The molecule has 1 aromatic heterocycles. The lowest BCUT2D eigenvalue weighted by molar-refractivity contribution is 0.304. The van der Waals surface area contributed by atoms with Crippen LogP contribution in [0.4, 0.5) is 5.69 Å². The molecule has 0 aliphatic heterocycles. The fraction of sp³-hybridized carbons (Fsp3) is 0.643. The van der Waals surface area contributed by atoms with Crippen molar-refractivity contribution >= 4 is 5.69 Å². The summed E-state index contributed by atoms with van der Waals surface area (Å²) in [6.45, 7) is 2.34. The van der Waals surface area contributed by atoms with Gasteiger partial charge >= 0.3 is 0 Å². The first-order valence-electron chi connectivity index (χ1n) is 6.49. The minimum absolute atomic E-state index is 0.609. The van der Waals surface area contributed by atoms with Crippen LogP contribution in [0.15, 0.2) is 24.5 Å². The van der Waals surface area contributed by atoms with Crippen molar-refractivity contribution in [1.29, 1.82) is 0 Å². The average molecular weight is 216 g/mol. The summed E-state index contributed by atoms with van der Waals surface area (Å²) in [5, 5.41) is 3.63. The molecule has 1 heterocycles. The van der Waals surface area contributed by atoms with Gasteiger partial charge < -0.3 is 5.32 Å². The summed E-state index contributed by atoms with van der Waals surface area (Å²) in [5.41, 5.74) is 1.21. The van der Waals surface area contributed by atoms with E-state index >= 15 is 0 Å². The molecule has 0 amide bonds. The van der Waals surface area contributed by atoms with Gasteiger partial charge in [-0.3, -0.25) is 4.98 Å². The second kappa shape index (κ2) is 4.08. The molecule has 2 saturated carbocycles. The number of hydrogen-bond acceptors (Lipinski definition) is 2. The topological polar surface area (TPSA) is 24.9 Å². The highest BCUT2D eigenvalue weighted by molar-refractivity contribution is 5.41. The molecule has 0 aromatic carbocycles. The zero-order valence-electron chi connectivity index (χ0n) is 9.89. The largest absolute Gasteiger partial charge is 0.382 e. The SMILES string of the molecule is CC(Nc1ccncc1)C1CC2CCC1C2. The zero-order chi connectivity index (χ0) is 11.0. The Morgan fingerprint density at radius 1 is 1.25 bits per heavy atom. The third kappa shape index (κ3) is 1.81. The Morgan fingerprint density at radius 3 is 2.69 bits per heavy atom. The van der Waals surface area contributed by atoms with Crippen LogP contribution in [0.1, 0.15) is 32.6 Å². The van der Waals surface area contributed by atoms with E-state index in [1.54, 1.807) is 0 Å². The van der Waals surface area contributed by atoms with Crippen LogP contribution < -0.4 is 5.32 Å². The van der Waals surface area contributed by atoms with Crippen molar-refractivity contribution in [3.8, 4) is 0 Å². The van der Waals surface area contributed by atoms with E-state index in [1.165, 1.54) is 31.4 Å². The predicted octanol–water partition coefficient (Wildman–Crippen LogP) is 3.32. The highest BCUT2D eigenvalue weighted by atomic mass is 14.9. The standard InChI is InChI=1S/C14H20N2/c1-10(16-13-4-6-15-7-5-13)14-9-11-2-3-12(14)8-11/h4-7,10-12,14H,2-3,8-9H2,1H3,(H,15,16). The molecule has 2 aliphatic carbocycles. The molecule has 2 fully saturated rings. The number of rotatable bonds is 3. The Labute approximate surface area is 97.5 Å². The van der Waals surface area contributed by atoms with Crippen molar-refractivity contribution in [2.24, 2.45) is 17.8 Å². The van der Waals surface area contributed by atoms with Crippen molar-refractivity contribution in [2.45, 2.75) is 38.6 Å². The lowest BCUT2D eigenvalue weighted by Gasteiger charge is -2.29. The summed E-state index contributed by atoms with van der Waals surface area (Å²) in [6.07, 6.45) is 9.61. The normalized spacial score (nSPS) is 33.9. The lowest BCUT2D eigenvalue weighted by atomic mass is 9.84. The van der Waals surface area contributed by atoms with E-state index in [4.69, 9.17) is 0 Å². The fourth-order valence-corrected chi connectivity index (χ4v) is 3.72. The van der Waals surface area contributed by atoms with E-state index in [2.05, 4.69) is 29.4 Å². The molecular formula is C14H20N2. The van der Waals surface area contributed by atoms with Crippen LogP contribution in [0.25, 0.3) is 0 Å². The highest BCUT2D eigenvalue weighted by Crippen LogP contribution is 2.49. The first-order chi connectivity index (χ1) is 7.83. The minimum atomic E-state index is 0.609. The van der Waals surface area contributed by atoms with Gasteiger partial charge in [0.15, 0.2) is 0 Å². The van der Waals surface area contributed by atoms with Crippen LogP contribution in [0.3, 0.4) is 0 Å². The van der Waals surface area contributed by atoms with Crippen LogP contribution in [-0.2, 0) is 0 Å². The van der Waals surface area contributed by atoms with E-state index in [0.717, 1.165) is 17.8 Å². The lowest BCUT2D eigenvalue weighted by Crippen LogP contribution is -2.29. The summed E-state index contributed by atoms with van der Waals surface area (Å²) in [6, 6.07) is 4.73. The summed E-state index contributed by atoms with van der Waals surface area (Å²) in [4.78, 5) is 4.05. The van der Waals surface area contributed by atoms with Crippen molar-refractivity contribution in [3.05, 3.63) is 24.5 Å². The molecule has 1 aromatic rings. The number of anilines is 1. The van der Waals surface area contributed by atoms with Crippen molar-refractivity contribution in [1.82, 2.24) is 4.98 Å². The maximum absolute atomic E-state index is 4.05. The molecule has 3 rings (SSSR count). The van der Waals surface area contributed by atoms with Crippen molar-refractivity contribution in [2.75, 3.05) is 5.32 Å². The van der Waals surface area contributed by atoms with E-state index in [1.807, 2.05) is 12.4 Å². The second-order valence-corrected chi connectivity index (χ2v) is 5.51. The van der Waals surface area contributed by atoms with E-state index < -0.39 is 0 Å². The zero-order valence-corrected chi connectivity index (χ0v) is 9.89. The average Bonchev–Trinajstić information content (AvgIpc) is 2.92. The van der Waals surface area contributed by atoms with E-state index in [-0.39, 0.29) is 0 Å². The number of aromatic nitrogens is 1. The summed E-state index contributed by atoms with van der Waals surface area (Å²) in [5.74, 6) is 2.93. The van der Waals surface area contributed by atoms with Gasteiger partial charge in [0.25, 0.3) is 0 Å². The fourth-order valence-electron chi connectivity index (χ4n) is 3.72. The Balaban J connectivity index is 1.64. The minimum Gasteiger partial charge on any atom is -0.382 e. The first-order valence-corrected chi connectivity index (χ1v) is 6.49. The third-order valence-electron chi connectivity index (χ3n) is 4.51. The monoisotopic (exact) mass is 216 g/mol. The highest BCUT2D eigenvalue weighted by Gasteiger charge is 2.41. The van der Waals surface area contributed by atoms with Crippen LogP contribution in [0.2, 0.25) is 0 Å². The second-order valence-electron chi connectivity index (χ2n) is 5.51. The number of pyridine rings is 1. The van der Waals surface area contributed by atoms with E-state index in [9.17, 15) is 0 Å². The van der Waals surface area contributed by atoms with Gasteiger partial charge in [0, 0.05) is 24.1 Å². The predicted molar refractivity (Wildman–Crippen MR) is 66.3 cm³/mol. The van der Waals surface area contributed by atoms with Crippen LogP contribution in [-0.4, -0.2) is 11.0 Å². The number of fused-ring (bicyclic) bond motifs is 2. The molecular weight excluding hydrogens is 196 g/mol. The Kier molecular flexibility index (Phi) is 2.58. The van der Waals surface area contributed by atoms with Crippen molar-refractivity contribution in [3.63, 3.8) is 0 Å². The van der Waals surface area contributed by atoms with Gasteiger partial charge in [0.1, 0.15) is 0 Å². The smallest absolute Gasteiger partial charge is 0.0373 e. The molecule has 4 atom stereocenters. The van der Waals surface area contributed by atoms with E-state index in [0.29, 0.717) is 6.04 Å². The van der Waals surface area contributed by atoms with Gasteiger partial charge in [0.05, 0.1) is 0 Å². The number of nitrogens with zero attached hydrogens (tertiary/aromatic N) is 1. The van der Waals surface area contributed by atoms with Crippen LogP contribution in [0, 0.1) is 17.8 Å². The third-order valence-corrected chi connectivity index (χ3v) is 4.51. The maximum Gasteiger partial charge on any atom is 0.0373 e. The van der Waals surface area contributed by atoms with Gasteiger partial charge in [-0.1, -0.05) is 6.42 Å². The van der Waals surface area contributed by atoms with Crippen molar-refractivity contribution < 1.29 is 0 Å². The molecule has 0 radical (unpaired) electrons. The molecule has 0 spiro atoms. The Morgan fingerprint density at radius 2 is 2.06 bits per heavy atom. The van der Waals surface area contributed by atoms with Crippen LogP contribution in [0.5, 0.6) is 0 Å². The van der Waals surface area contributed by atoms with Gasteiger partial charge in [-0.05, 0) is 56.1 Å². The van der Waals surface area contributed by atoms with Gasteiger partial charge in [-0.25, -0.2) is 0 Å². The molecule has 1 N–H and O–H groups in total. The molecule has 2 nitrogen and oxygen atoms in total. The Hall–Kier alpha value is -1.05. The van der Waals surface area contributed by atoms with Crippen LogP contribution >= 0.6 is 0 Å². The molecule has 0 saturated heterocycles. The molecule has 2 aliphatic rings. The first kappa shape index (κ1) is 10.1. The molecule has 2 bridgehead atoms. The summed E-state index contributed by atoms with van der Waals surface area (Å²) < 4.78 is 0. The Bertz CT molecular complexity index is 349. The van der Waals surface area contributed by atoms with Gasteiger partial charge in [-0.15, -0.1) is 0 Å². The quantitative estimate of drug-likeness (QED) is 0.838. The van der Waals surface area contributed by atoms with Gasteiger partial charge in [0.2, 0.25) is 0 Å². The molecule has 2 heteroatoms. The summed E-state index contributed by atoms with van der Waals surface area (Å²) >= 11 is 0. The molecule has 4 unspecified atom stereocenters.